The average molecular weight is 323 g/mol. The Hall–Kier alpha value is -1.36. The minimum atomic E-state index is -0.729. The molecule has 1 N–H and O–H groups in total. The molecule has 0 aliphatic carbocycles. The number of carboxylic acid groups (broad SMARTS) is 1. The van der Waals surface area contributed by atoms with Gasteiger partial charge in [-0.2, -0.15) is 0 Å². The summed E-state index contributed by atoms with van der Waals surface area (Å²) in [6, 6.07) is 4.23. The second kappa shape index (κ2) is 8.32. The topological polar surface area (TPSA) is 57.6 Å². The molecular weight excluding hydrogens is 298 g/mol. The fourth-order valence-electron chi connectivity index (χ4n) is 3.10. The fourth-order valence-corrected chi connectivity index (χ4v) is 3.86. The number of rotatable bonds is 7. The molecule has 0 aromatic carbocycles. The molecule has 1 aliphatic heterocycles. The van der Waals surface area contributed by atoms with Crippen molar-refractivity contribution in [2.24, 2.45) is 11.8 Å². The molecule has 2 rings (SSSR count). The molecule has 1 aliphatic rings. The van der Waals surface area contributed by atoms with Gasteiger partial charge in [-0.25, -0.2) is 0 Å². The number of hydrogen-bond acceptors (Lipinski definition) is 3. The Morgan fingerprint density at radius 1 is 1.36 bits per heavy atom. The average Bonchev–Trinajstić information content (AvgIpc) is 2.99. The number of unbranched alkanes of at least 4 members (excludes halogenated alkanes) is 2. The molecule has 22 heavy (non-hydrogen) atoms. The van der Waals surface area contributed by atoms with Gasteiger partial charge in [-0.15, -0.1) is 11.3 Å². The van der Waals surface area contributed by atoms with Crippen LogP contribution in [0.3, 0.4) is 0 Å². The summed E-state index contributed by atoms with van der Waals surface area (Å²) in [5.41, 5.74) is 0. The highest BCUT2D eigenvalue weighted by Gasteiger charge is 2.32. The summed E-state index contributed by atoms with van der Waals surface area (Å²) in [5, 5.41) is 11.2. The Morgan fingerprint density at radius 3 is 2.82 bits per heavy atom. The van der Waals surface area contributed by atoms with E-state index in [2.05, 4.69) is 17.5 Å². The van der Waals surface area contributed by atoms with Gasteiger partial charge in [-0.3, -0.25) is 9.59 Å². The van der Waals surface area contributed by atoms with E-state index in [9.17, 15) is 9.59 Å². The van der Waals surface area contributed by atoms with E-state index in [0.717, 1.165) is 25.7 Å². The van der Waals surface area contributed by atoms with Crippen LogP contribution in [-0.4, -0.2) is 35.0 Å². The molecule has 0 bridgehead atoms. The minimum Gasteiger partial charge on any atom is -0.481 e. The lowest BCUT2D eigenvalue weighted by molar-refractivity contribution is -0.148. The zero-order valence-electron chi connectivity index (χ0n) is 13.2. The SMILES string of the molecule is CC1CN(C(=O)CCCCCc2cccs2)CCC1C(=O)O. The lowest BCUT2D eigenvalue weighted by Crippen LogP contribution is -2.44. The molecule has 2 unspecified atom stereocenters. The molecule has 1 saturated heterocycles. The standard InChI is InChI=1S/C17H25NO3S/c1-13-12-18(10-9-15(13)17(20)21)16(19)8-4-2-3-6-14-7-5-11-22-14/h5,7,11,13,15H,2-4,6,8-10,12H2,1H3,(H,20,21). The summed E-state index contributed by atoms with van der Waals surface area (Å²) in [6.45, 7) is 3.11. The van der Waals surface area contributed by atoms with Crippen LogP contribution in [0.1, 0.15) is 43.9 Å². The predicted octanol–water partition coefficient (Wildman–Crippen LogP) is 3.42. The van der Waals surface area contributed by atoms with E-state index in [-0.39, 0.29) is 17.7 Å². The molecule has 1 fully saturated rings. The largest absolute Gasteiger partial charge is 0.481 e. The lowest BCUT2D eigenvalue weighted by Gasteiger charge is -2.35. The maximum Gasteiger partial charge on any atom is 0.306 e. The van der Waals surface area contributed by atoms with E-state index in [0.29, 0.717) is 25.9 Å². The quantitative estimate of drug-likeness (QED) is 0.782. The summed E-state index contributed by atoms with van der Waals surface area (Å²) >= 11 is 1.79. The van der Waals surface area contributed by atoms with Crippen molar-refractivity contribution in [3.05, 3.63) is 22.4 Å². The Kier molecular flexibility index (Phi) is 6.43. The van der Waals surface area contributed by atoms with Gasteiger partial charge in [0, 0.05) is 24.4 Å². The number of aryl methyl sites for hydroxylation is 1. The number of hydrogen-bond donors (Lipinski definition) is 1. The minimum absolute atomic E-state index is 0.0500. The summed E-state index contributed by atoms with van der Waals surface area (Å²) in [7, 11) is 0. The maximum absolute atomic E-state index is 12.2. The van der Waals surface area contributed by atoms with E-state index in [1.165, 1.54) is 4.88 Å². The van der Waals surface area contributed by atoms with Gasteiger partial charge in [0.25, 0.3) is 0 Å². The summed E-state index contributed by atoms with van der Waals surface area (Å²) in [4.78, 5) is 26.5. The number of carbonyl (C=O) groups excluding carboxylic acids is 1. The second-order valence-corrected chi connectivity index (χ2v) is 7.22. The van der Waals surface area contributed by atoms with Gasteiger partial charge >= 0.3 is 5.97 Å². The van der Waals surface area contributed by atoms with Crippen LogP contribution in [-0.2, 0) is 16.0 Å². The maximum atomic E-state index is 12.2. The Labute approximate surface area is 136 Å². The zero-order chi connectivity index (χ0) is 15.9. The van der Waals surface area contributed by atoms with Crippen molar-refractivity contribution in [2.75, 3.05) is 13.1 Å². The number of carboxylic acids is 1. The number of carbonyl (C=O) groups is 2. The van der Waals surface area contributed by atoms with Crippen LogP contribution in [0.25, 0.3) is 0 Å². The molecule has 0 saturated carbocycles. The van der Waals surface area contributed by atoms with E-state index in [4.69, 9.17) is 5.11 Å². The third-order valence-electron chi connectivity index (χ3n) is 4.47. The summed E-state index contributed by atoms with van der Waals surface area (Å²) in [5.74, 6) is -0.788. The highest BCUT2D eigenvalue weighted by Crippen LogP contribution is 2.24. The fraction of sp³-hybridized carbons (Fsp3) is 0.647. The monoisotopic (exact) mass is 323 g/mol. The van der Waals surface area contributed by atoms with E-state index >= 15 is 0 Å². The number of piperidine rings is 1. The van der Waals surface area contributed by atoms with Crippen LogP contribution >= 0.6 is 11.3 Å². The van der Waals surface area contributed by atoms with Crippen molar-refractivity contribution in [1.29, 1.82) is 0 Å². The van der Waals surface area contributed by atoms with Crippen molar-refractivity contribution >= 4 is 23.2 Å². The Bertz CT molecular complexity index is 486. The Morgan fingerprint density at radius 2 is 2.18 bits per heavy atom. The first-order valence-electron chi connectivity index (χ1n) is 8.11. The number of amides is 1. The van der Waals surface area contributed by atoms with Gasteiger partial charge in [0.1, 0.15) is 0 Å². The Balaban J connectivity index is 1.62. The molecule has 1 aromatic heterocycles. The van der Waals surface area contributed by atoms with E-state index in [1.807, 2.05) is 11.8 Å². The van der Waals surface area contributed by atoms with Crippen LogP contribution in [0.15, 0.2) is 17.5 Å². The number of likely N-dealkylation sites (tertiary alicyclic amines) is 1. The molecule has 0 spiro atoms. The smallest absolute Gasteiger partial charge is 0.306 e. The molecule has 2 atom stereocenters. The van der Waals surface area contributed by atoms with Gasteiger partial charge in [-0.05, 0) is 43.0 Å². The summed E-state index contributed by atoms with van der Waals surface area (Å²) in [6.07, 6.45) is 5.41. The molecule has 1 amide bonds. The van der Waals surface area contributed by atoms with Crippen molar-refractivity contribution in [1.82, 2.24) is 4.90 Å². The second-order valence-electron chi connectivity index (χ2n) is 6.19. The van der Waals surface area contributed by atoms with Crippen LogP contribution < -0.4 is 0 Å². The van der Waals surface area contributed by atoms with Crippen LogP contribution in [0.4, 0.5) is 0 Å². The van der Waals surface area contributed by atoms with Crippen LogP contribution in [0, 0.1) is 11.8 Å². The van der Waals surface area contributed by atoms with Crippen molar-refractivity contribution in [2.45, 2.75) is 45.4 Å². The number of nitrogens with zero attached hydrogens (tertiary/aromatic N) is 1. The van der Waals surface area contributed by atoms with E-state index in [1.54, 1.807) is 11.3 Å². The van der Waals surface area contributed by atoms with Gasteiger partial charge in [-0.1, -0.05) is 19.4 Å². The van der Waals surface area contributed by atoms with Gasteiger partial charge < -0.3 is 10.0 Å². The van der Waals surface area contributed by atoms with Crippen LogP contribution in [0.5, 0.6) is 0 Å². The van der Waals surface area contributed by atoms with E-state index < -0.39 is 5.97 Å². The molecule has 1 aromatic rings. The zero-order valence-corrected chi connectivity index (χ0v) is 14.0. The van der Waals surface area contributed by atoms with Crippen LogP contribution in [0.2, 0.25) is 0 Å². The molecule has 5 heteroatoms. The molecule has 0 radical (unpaired) electrons. The van der Waals surface area contributed by atoms with Crippen molar-refractivity contribution in [3.63, 3.8) is 0 Å². The summed E-state index contributed by atoms with van der Waals surface area (Å²) < 4.78 is 0. The third kappa shape index (κ3) is 4.83. The highest BCUT2D eigenvalue weighted by molar-refractivity contribution is 7.09. The first-order chi connectivity index (χ1) is 10.6. The number of aliphatic carboxylic acids is 1. The van der Waals surface area contributed by atoms with Crippen molar-refractivity contribution < 1.29 is 14.7 Å². The first-order valence-corrected chi connectivity index (χ1v) is 8.99. The molecule has 2 heterocycles. The molecule has 4 nitrogen and oxygen atoms in total. The number of thiophene rings is 1. The molecule has 122 valence electrons. The third-order valence-corrected chi connectivity index (χ3v) is 5.41. The van der Waals surface area contributed by atoms with Gasteiger partial charge in [0.2, 0.25) is 5.91 Å². The highest BCUT2D eigenvalue weighted by atomic mass is 32.1. The lowest BCUT2D eigenvalue weighted by atomic mass is 9.87. The predicted molar refractivity (Wildman–Crippen MR) is 88.0 cm³/mol. The molecular formula is C17H25NO3S. The normalized spacial score (nSPS) is 21.8. The van der Waals surface area contributed by atoms with Crippen molar-refractivity contribution in [3.8, 4) is 0 Å². The first kappa shape index (κ1) is 17.0. The van der Waals surface area contributed by atoms with Gasteiger partial charge in [0.15, 0.2) is 0 Å². The van der Waals surface area contributed by atoms with Gasteiger partial charge in [0.05, 0.1) is 5.92 Å².